The van der Waals surface area contributed by atoms with Gasteiger partial charge in [-0.3, -0.25) is 4.79 Å². The molecule has 1 amide bonds. The lowest BCUT2D eigenvalue weighted by molar-refractivity contribution is -0.928. The molecule has 1 saturated carbocycles. The smallest absolute Gasteiger partial charge is 0.275 e. The van der Waals surface area contributed by atoms with E-state index in [1.54, 1.807) is 0 Å². The number of amides is 1. The quantitative estimate of drug-likeness (QED) is 0.843. The average molecular weight is 362 g/mol. The standard InChI is InChI=1S/C19H21ClN2OS/c20-15-5-1-13(2-6-15)11-21-18(23)12-22-9-7-17-16(8-10-24-17)19(22)14-3-4-14/h1-2,5-6,8,10,14,19H,3-4,7,9,11-12H2,(H,21,23)/p+1/t19-/m0/s1. The number of fused-ring (bicyclic) bond motifs is 1. The molecule has 2 aromatic rings. The highest BCUT2D eigenvalue weighted by molar-refractivity contribution is 7.10. The lowest BCUT2D eigenvalue weighted by atomic mass is 9.96. The van der Waals surface area contributed by atoms with E-state index in [1.807, 2.05) is 35.6 Å². The van der Waals surface area contributed by atoms with Crippen LogP contribution in [0.5, 0.6) is 0 Å². The maximum Gasteiger partial charge on any atom is 0.275 e. The Morgan fingerprint density at radius 1 is 1.25 bits per heavy atom. The van der Waals surface area contributed by atoms with Crippen molar-refractivity contribution in [1.29, 1.82) is 0 Å². The average Bonchev–Trinajstić information content (AvgIpc) is 3.30. The second-order valence-electron chi connectivity index (χ2n) is 6.85. The van der Waals surface area contributed by atoms with E-state index in [2.05, 4.69) is 16.8 Å². The van der Waals surface area contributed by atoms with E-state index in [4.69, 9.17) is 11.6 Å². The zero-order valence-electron chi connectivity index (χ0n) is 13.6. The molecule has 5 heteroatoms. The molecule has 4 rings (SSSR count). The lowest BCUT2D eigenvalue weighted by Gasteiger charge is -2.32. The van der Waals surface area contributed by atoms with E-state index >= 15 is 0 Å². The molecule has 2 heterocycles. The van der Waals surface area contributed by atoms with Gasteiger partial charge in [0.2, 0.25) is 0 Å². The van der Waals surface area contributed by atoms with Crippen molar-refractivity contribution in [3.05, 3.63) is 56.7 Å². The van der Waals surface area contributed by atoms with Crippen molar-refractivity contribution >= 4 is 28.8 Å². The molecule has 2 atom stereocenters. The number of thiophene rings is 1. The molecule has 1 aromatic heterocycles. The summed E-state index contributed by atoms with van der Waals surface area (Å²) in [5, 5.41) is 6.00. The molecule has 0 radical (unpaired) electrons. The van der Waals surface area contributed by atoms with Crippen LogP contribution in [0.25, 0.3) is 0 Å². The molecular formula is C19H22ClN2OS+. The Hall–Kier alpha value is -1.36. The largest absolute Gasteiger partial charge is 0.347 e. The van der Waals surface area contributed by atoms with Crippen LogP contribution in [0.15, 0.2) is 35.7 Å². The molecule has 1 aromatic carbocycles. The topological polar surface area (TPSA) is 33.5 Å². The number of quaternary nitrogens is 1. The molecule has 0 saturated heterocycles. The van der Waals surface area contributed by atoms with Crippen molar-refractivity contribution in [2.75, 3.05) is 13.1 Å². The Bertz CT molecular complexity index is 723. The summed E-state index contributed by atoms with van der Waals surface area (Å²) in [6.07, 6.45) is 3.74. The van der Waals surface area contributed by atoms with Crippen LogP contribution in [0.4, 0.5) is 0 Å². The van der Waals surface area contributed by atoms with Gasteiger partial charge in [-0.25, -0.2) is 0 Å². The van der Waals surface area contributed by atoms with Crippen molar-refractivity contribution < 1.29 is 9.69 Å². The van der Waals surface area contributed by atoms with E-state index in [-0.39, 0.29) is 5.91 Å². The van der Waals surface area contributed by atoms with Crippen LogP contribution in [0, 0.1) is 5.92 Å². The Balaban J connectivity index is 1.37. The zero-order valence-corrected chi connectivity index (χ0v) is 15.1. The van der Waals surface area contributed by atoms with Crippen LogP contribution in [0.1, 0.15) is 34.9 Å². The highest BCUT2D eigenvalue weighted by atomic mass is 35.5. The summed E-state index contributed by atoms with van der Waals surface area (Å²) in [6, 6.07) is 10.5. The SMILES string of the molecule is O=C(C[NH+]1CCc2sccc2[C@@H]1C1CC1)NCc1ccc(Cl)cc1. The maximum absolute atomic E-state index is 12.4. The molecule has 1 unspecified atom stereocenters. The fraction of sp³-hybridized carbons (Fsp3) is 0.421. The van der Waals surface area contributed by atoms with Crippen molar-refractivity contribution in [3.63, 3.8) is 0 Å². The van der Waals surface area contributed by atoms with Crippen LogP contribution in [-0.2, 0) is 17.8 Å². The van der Waals surface area contributed by atoms with E-state index in [1.165, 1.54) is 28.2 Å². The van der Waals surface area contributed by atoms with Crippen molar-refractivity contribution in [2.24, 2.45) is 5.92 Å². The van der Waals surface area contributed by atoms with Crippen molar-refractivity contribution in [1.82, 2.24) is 5.32 Å². The third-order valence-electron chi connectivity index (χ3n) is 5.11. The summed E-state index contributed by atoms with van der Waals surface area (Å²) in [7, 11) is 0. The molecule has 3 nitrogen and oxygen atoms in total. The number of carbonyl (C=O) groups excluding carboxylic acids is 1. The summed E-state index contributed by atoms with van der Waals surface area (Å²) in [5.41, 5.74) is 2.59. The van der Waals surface area contributed by atoms with Crippen LogP contribution in [0.3, 0.4) is 0 Å². The number of benzene rings is 1. The molecule has 24 heavy (non-hydrogen) atoms. The highest BCUT2D eigenvalue weighted by Gasteiger charge is 2.43. The van der Waals surface area contributed by atoms with Gasteiger partial charge in [-0.15, -0.1) is 11.3 Å². The van der Waals surface area contributed by atoms with Gasteiger partial charge in [0.15, 0.2) is 6.54 Å². The predicted molar refractivity (Wildman–Crippen MR) is 97.5 cm³/mol. The van der Waals surface area contributed by atoms with Gasteiger partial charge in [-0.1, -0.05) is 23.7 Å². The normalized spacial score (nSPS) is 22.9. The van der Waals surface area contributed by atoms with Gasteiger partial charge in [0, 0.05) is 34.3 Å². The summed E-state index contributed by atoms with van der Waals surface area (Å²) in [4.78, 5) is 15.4. The Labute approximate surface area is 151 Å². The van der Waals surface area contributed by atoms with E-state index in [9.17, 15) is 4.79 Å². The number of nitrogens with one attached hydrogen (secondary N) is 2. The van der Waals surface area contributed by atoms with Crippen LogP contribution < -0.4 is 10.2 Å². The number of carbonyl (C=O) groups is 1. The van der Waals surface area contributed by atoms with Crippen molar-refractivity contribution in [3.8, 4) is 0 Å². The van der Waals surface area contributed by atoms with Crippen LogP contribution in [0.2, 0.25) is 5.02 Å². The molecule has 0 spiro atoms. The van der Waals surface area contributed by atoms with Gasteiger partial charge in [0.05, 0.1) is 6.54 Å². The number of halogens is 1. The van der Waals surface area contributed by atoms with E-state index < -0.39 is 0 Å². The summed E-state index contributed by atoms with van der Waals surface area (Å²) < 4.78 is 0. The monoisotopic (exact) mass is 361 g/mol. The van der Waals surface area contributed by atoms with Gasteiger partial charge in [0.25, 0.3) is 5.91 Å². The minimum Gasteiger partial charge on any atom is -0.347 e. The van der Waals surface area contributed by atoms with Crippen molar-refractivity contribution in [2.45, 2.75) is 31.8 Å². The number of hydrogen-bond acceptors (Lipinski definition) is 2. The molecule has 1 aliphatic carbocycles. The molecule has 2 aliphatic rings. The molecule has 0 bridgehead atoms. The summed E-state index contributed by atoms with van der Waals surface area (Å²) in [6.45, 7) is 2.22. The maximum atomic E-state index is 12.4. The van der Waals surface area contributed by atoms with Crippen LogP contribution >= 0.6 is 22.9 Å². The molecule has 2 N–H and O–H groups in total. The zero-order chi connectivity index (χ0) is 16.5. The Morgan fingerprint density at radius 3 is 2.79 bits per heavy atom. The first-order valence-electron chi connectivity index (χ1n) is 8.62. The fourth-order valence-electron chi connectivity index (χ4n) is 3.77. The molecular weight excluding hydrogens is 340 g/mol. The fourth-order valence-corrected chi connectivity index (χ4v) is 4.82. The molecule has 1 fully saturated rings. The minimum absolute atomic E-state index is 0.143. The third kappa shape index (κ3) is 3.51. The van der Waals surface area contributed by atoms with Gasteiger partial charge in [-0.2, -0.15) is 0 Å². The first-order chi connectivity index (χ1) is 11.7. The van der Waals surface area contributed by atoms with Gasteiger partial charge < -0.3 is 10.2 Å². The van der Waals surface area contributed by atoms with E-state index in [0.29, 0.717) is 19.1 Å². The first-order valence-corrected chi connectivity index (χ1v) is 9.88. The number of rotatable bonds is 5. The summed E-state index contributed by atoms with van der Waals surface area (Å²) in [5.74, 6) is 0.919. The second-order valence-corrected chi connectivity index (χ2v) is 8.29. The van der Waals surface area contributed by atoms with Gasteiger partial charge >= 0.3 is 0 Å². The molecule has 1 aliphatic heterocycles. The third-order valence-corrected chi connectivity index (χ3v) is 6.36. The van der Waals surface area contributed by atoms with Gasteiger partial charge in [-0.05, 0) is 42.0 Å². The first kappa shape index (κ1) is 16.1. The lowest BCUT2D eigenvalue weighted by Crippen LogP contribution is -3.14. The number of hydrogen-bond donors (Lipinski definition) is 2. The Morgan fingerprint density at radius 2 is 2.04 bits per heavy atom. The van der Waals surface area contributed by atoms with Gasteiger partial charge in [0.1, 0.15) is 6.04 Å². The summed E-state index contributed by atoms with van der Waals surface area (Å²) >= 11 is 7.78. The molecule has 126 valence electrons. The Kier molecular flexibility index (Phi) is 4.61. The highest BCUT2D eigenvalue weighted by Crippen LogP contribution is 2.42. The van der Waals surface area contributed by atoms with Crippen LogP contribution in [-0.4, -0.2) is 19.0 Å². The minimum atomic E-state index is 0.143. The second kappa shape index (κ2) is 6.87. The predicted octanol–water partition coefficient (Wildman–Crippen LogP) is 2.61. The van der Waals surface area contributed by atoms with E-state index in [0.717, 1.165) is 29.5 Å².